The molecular formula is C19H17BrClFN4S. The van der Waals surface area contributed by atoms with Gasteiger partial charge in [0.15, 0.2) is 10.9 Å². The third kappa shape index (κ3) is 5.06. The molecule has 27 heavy (non-hydrogen) atoms. The highest BCUT2D eigenvalue weighted by atomic mass is 79.9. The molecule has 0 saturated carbocycles. The summed E-state index contributed by atoms with van der Waals surface area (Å²) in [5.41, 5.74) is 2.53. The van der Waals surface area contributed by atoms with Crippen LogP contribution in [0, 0.1) is 5.82 Å². The summed E-state index contributed by atoms with van der Waals surface area (Å²) in [4.78, 5) is 0. The maximum Gasteiger partial charge on any atom is 0.176 e. The van der Waals surface area contributed by atoms with Crippen molar-refractivity contribution in [1.82, 2.24) is 9.78 Å². The van der Waals surface area contributed by atoms with Gasteiger partial charge in [-0.2, -0.15) is 5.10 Å². The molecule has 3 rings (SSSR count). The van der Waals surface area contributed by atoms with Crippen molar-refractivity contribution < 1.29 is 4.39 Å². The van der Waals surface area contributed by atoms with Gasteiger partial charge in [-0.3, -0.25) is 4.68 Å². The number of anilines is 2. The van der Waals surface area contributed by atoms with E-state index in [1.165, 1.54) is 11.6 Å². The highest BCUT2D eigenvalue weighted by Gasteiger charge is 2.12. The quantitative estimate of drug-likeness (QED) is 0.461. The summed E-state index contributed by atoms with van der Waals surface area (Å²) in [5.74, 6) is 0.168. The molecule has 0 saturated heterocycles. The van der Waals surface area contributed by atoms with Gasteiger partial charge in [0, 0.05) is 22.5 Å². The van der Waals surface area contributed by atoms with Crippen molar-refractivity contribution in [3.8, 4) is 0 Å². The fraction of sp³-hybridized carbons (Fsp3) is 0.158. The predicted octanol–water partition coefficient (Wildman–Crippen LogP) is 5.86. The number of nitrogens with zero attached hydrogens (tertiary/aromatic N) is 2. The Kier molecular flexibility index (Phi) is 6.46. The van der Waals surface area contributed by atoms with Gasteiger partial charge in [0.25, 0.3) is 0 Å². The second-order valence-electron chi connectivity index (χ2n) is 5.85. The Balaban J connectivity index is 1.68. The van der Waals surface area contributed by atoms with E-state index < -0.39 is 0 Å². The van der Waals surface area contributed by atoms with E-state index in [1.807, 2.05) is 24.3 Å². The van der Waals surface area contributed by atoms with Crippen LogP contribution < -0.4 is 10.6 Å². The van der Waals surface area contributed by atoms with Gasteiger partial charge < -0.3 is 10.6 Å². The first kappa shape index (κ1) is 19.8. The molecule has 0 aliphatic heterocycles. The van der Waals surface area contributed by atoms with Gasteiger partial charge in [0.05, 0.1) is 11.0 Å². The Morgan fingerprint density at radius 2 is 1.96 bits per heavy atom. The van der Waals surface area contributed by atoms with Crippen molar-refractivity contribution in [2.75, 3.05) is 10.6 Å². The van der Waals surface area contributed by atoms with E-state index in [0.29, 0.717) is 26.0 Å². The summed E-state index contributed by atoms with van der Waals surface area (Å²) in [6.45, 7) is 2.32. The fourth-order valence-corrected chi connectivity index (χ4v) is 3.35. The molecule has 0 bridgehead atoms. The number of nitrogens with one attached hydrogen (secondary N) is 2. The summed E-state index contributed by atoms with van der Waals surface area (Å²) in [5, 5.41) is 11.3. The number of aromatic nitrogens is 2. The van der Waals surface area contributed by atoms with Crippen LogP contribution in [0.2, 0.25) is 5.02 Å². The Hall–Kier alpha value is -1.96. The Morgan fingerprint density at radius 1 is 1.22 bits per heavy atom. The Morgan fingerprint density at radius 3 is 2.63 bits per heavy atom. The molecular weight excluding hydrogens is 451 g/mol. The minimum atomic E-state index is -0.364. The molecule has 0 amide bonds. The number of rotatable bonds is 5. The number of halogens is 3. The minimum absolute atomic E-state index is 0.213. The molecule has 2 N–H and O–H groups in total. The predicted molar refractivity (Wildman–Crippen MR) is 116 cm³/mol. The number of benzene rings is 2. The van der Waals surface area contributed by atoms with Gasteiger partial charge in [0.1, 0.15) is 5.82 Å². The van der Waals surface area contributed by atoms with Crippen molar-refractivity contribution in [2.45, 2.75) is 19.9 Å². The average Bonchev–Trinajstić information content (AvgIpc) is 2.98. The van der Waals surface area contributed by atoms with Crippen LogP contribution >= 0.6 is 39.7 Å². The molecule has 0 radical (unpaired) electrons. The Bertz CT molecular complexity index is 939. The van der Waals surface area contributed by atoms with Crippen LogP contribution in [0.15, 0.2) is 53.1 Å². The topological polar surface area (TPSA) is 41.9 Å². The highest BCUT2D eigenvalue weighted by Crippen LogP contribution is 2.24. The molecule has 1 heterocycles. The van der Waals surface area contributed by atoms with E-state index in [0.717, 1.165) is 12.1 Å². The highest BCUT2D eigenvalue weighted by molar-refractivity contribution is 9.10. The van der Waals surface area contributed by atoms with Crippen LogP contribution in [0.1, 0.15) is 18.1 Å². The first-order valence-corrected chi connectivity index (χ1v) is 9.87. The van der Waals surface area contributed by atoms with E-state index in [1.54, 1.807) is 23.0 Å². The minimum Gasteiger partial charge on any atom is -0.332 e. The summed E-state index contributed by atoms with van der Waals surface area (Å²) in [6.07, 6.45) is 2.73. The molecule has 1 aromatic heterocycles. The molecule has 2 aromatic carbocycles. The molecule has 0 unspecified atom stereocenters. The second-order valence-corrected chi connectivity index (χ2v) is 7.52. The van der Waals surface area contributed by atoms with Crippen molar-refractivity contribution in [2.24, 2.45) is 0 Å². The molecule has 0 spiro atoms. The number of hydrogen-bond donors (Lipinski definition) is 2. The van der Waals surface area contributed by atoms with Gasteiger partial charge in [-0.15, -0.1) is 0 Å². The molecule has 4 nitrogen and oxygen atoms in total. The summed E-state index contributed by atoms with van der Waals surface area (Å²) in [6, 6.07) is 12.6. The van der Waals surface area contributed by atoms with Crippen molar-refractivity contribution >= 4 is 56.4 Å². The summed E-state index contributed by atoms with van der Waals surface area (Å²) in [7, 11) is 0. The SMILES string of the molecule is CCc1ccc(NC(=S)Nc2nn(Cc3c(F)cccc3Cl)cc2Br)cc1. The lowest BCUT2D eigenvalue weighted by Gasteiger charge is -2.09. The van der Waals surface area contributed by atoms with Gasteiger partial charge >= 0.3 is 0 Å². The van der Waals surface area contributed by atoms with Crippen LogP contribution in [-0.2, 0) is 13.0 Å². The second kappa shape index (κ2) is 8.82. The normalized spacial score (nSPS) is 10.7. The van der Waals surface area contributed by atoms with Gasteiger partial charge in [-0.05, 0) is 64.4 Å². The maximum atomic E-state index is 14.0. The monoisotopic (exact) mass is 466 g/mol. The van der Waals surface area contributed by atoms with Crippen LogP contribution in [-0.4, -0.2) is 14.9 Å². The zero-order valence-electron chi connectivity index (χ0n) is 14.5. The van der Waals surface area contributed by atoms with Gasteiger partial charge in [-0.1, -0.05) is 36.7 Å². The fourth-order valence-electron chi connectivity index (χ4n) is 2.50. The van der Waals surface area contributed by atoms with E-state index in [2.05, 4.69) is 38.6 Å². The summed E-state index contributed by atoms with van der Waals surface area (Å²) >= 11 is 14.9. The van der Waals surface area contributed by atoms with E-state index in [-0.39, 0.29) is 12.4 Å². The summed E-state index contributed by atoms with van der Waals surface area (Å²) < 4.78 is 16.3. The number of thiocarbonyl (C=S) groups is 1. The van der Waals surface area contributed by atoms with E-state index in [4.69, 9.17) is 23.8 Å². The lowest BCUT2D eigenvalue weighted by atomic mass is 10.1. The largest absolute Gasteiger partial charge is 0.332 e. The van der Waals surface area contributed by atoms with Crippen molar-refractivity contribution in [1.29, 1.82) is 0 Å². The zero-order valence-corrected chi connectivity index (χ0v) is 17.6. The first-order chi connectivity index (χ1) is 13.0. The number of aryl methyl sites for hydroxylation is 1. The van der Waals surface area contributed by atoms with Crippen LogP contribution in [0.25, 0.3) is 0 Å². The zero-order chi connectivity index (χ0) is 19.4. The average molecular weight is 468 g/mol. The third-order valence-corrected chi connectivity index (χ3v) is 5.09. The first-order valence-electron chi connectivity index (χ1n) is 8.29. The Labute approximate surface area is 175 Å². The van der Waals surface area contributed by atoms with Crippen molar-refractivity contribution in [3.05, 3.63) is 75.1 Å². The lowest BCUT2D eigenvalue weighted by Crippen LogP contribution is -2.19. The van der Waals surface area contributed by atoms with Crippen LogP contribution in [0.5, 0.6) is 0 Å². The molecule has 140 valence electrons. The maximum absolute atomic E-state index is 14.0. The molecule has 8 heteroatoms. The third-order valence-electron chi connectivity index (χ3n) is 3.95. The molecule has 0 aliphatic carbocycles. The van der Waals surface area contributed by atoms with E-state index in [9.17, 15) is 4.39 Å². The lowest BCUT2D eigenvalue weighted by molar-refractivity contribution is 0.586. The van der Waals surface area contributed by atoms with Crippen LogP contribution in [0.3, 0.4) is 0 Å². The number of hydrogen-bond acceptors (Lipinski definition) is 2. The van der Waals surface area contributed by atoms with Crippen LogP contribution in [0.4, 0.5) is 15.9 Å². The molecule has 0 atom stereocenters. The van der Waals surface area contributed by atoms with Gasteiger partial charge in [-0.25, -0.2) is 4.39 Å². The molecule has 0 fully saturated rings. The van der Waals surface area contributed by atoms with Gasteiger partial charge in [0.2, 0.25) is 0 Å². The smallest absolute Gasteiger partial charge is 0.176 e. The molecule has 0 aliphatic rings. The van der Waals surface area contributed by atoms with E-state index >= 15 is 0 Å². The molecule has 3 aromatic rings. The van der Waals surface area contributed by atoms with Crippen molar-refractivity contribution in [3.63, 3.8) is 0 Å². The standard InChI is InChI=1S/C19H17BrClFN4S/c1-2-12-6-8-13(9-7-12)23-19(27)24-18-15(20)11-26(25-18)10-14-16(21)4-3-5-17(14)22/h3-9,11H,2,10H2,1H3,(H2,23,24,25,27).